The van der Waals surface area contributed by atoms with Crippen LogP contribution < -0.4 is 9.47 Å². The van der Waals surface area contributed by atoms with Crippen LogP contribution in [0.2, 0.25) is 0 Å². The molecule has 0 unspecified atom stereocenters. The summed E-state index contributed by atoms with van der Waals surface area (Å²) >= 11 is 0. The second kappa shape index (κ2) is 8.92. The van der Waals surface area contributed by atoms with Crippen molar-refractivity contribution in [1.82, 2.24) is 9.78 Å². The number of para-hydroxylation sites is 2. The maximum absolute atomic E-state index is 12.2. The highest BCUT2D eigenvalue weighted by Gasteiger charge is 2.11. The summed E-state index contributed by atoms with van der Waals surface area (Å²) in [6.07, 6.45) is 5.02. The number of hydrogen-bond acceptors (Lipinski definition) is 4. The molecule has 4 aromatic rings. The first kappa shape index (κ1) is 19.2. The van der Waals surface area contributed by atoms with Crippen LogP contribution in [-0.2, 0) is 4.79 Å². The molecule has 0 aliphatic carbocycles. The SMILES string of the molecule is COc1ccc(-c2nn(-c3ccccc3)cc2C=CC(=O)Oc2ccccc2)cc1. The molecule has 0 radical (unpaired) electrons. The Bertz CT molecular complexity index is 1150. The van der Waals surface area contributed by atoms with Crippen LogP contribution in [0.5, 0.6) is 11.5 Å². The second-order valence-corrected chi connectivity index (χ2v) is 6.51. The zero-order valence-corrected chi connectivity index (χ0v) is 16.4. The molecule has 0 saturated carbocycles. The summed E-state index contributed by atoms with van der Waals surface area (Å²) in [4.78, 5) is 12.2. The van der Waals surface area contributed by atoms with Crippen molar-refractivity contribution in [2.75, 3.05) is 7.11 Å². The Hall–Kier alpha value is -4.12. The minimum Gasteiger partial charge on any atom is -0.497 e. The minimum absolute atomic E-state index is 0.450. The van der Waals surface area contributed by atoms with Crippen molar-refractivity contribution in [1.29, 1.82) is 0 Å². The van der Waals surface area contributed by atoms with Gasteiger partial charge in [-0.1, -0.05) is 36.4 Å². The summed E-state index contributed by atoms with van der Waals surface area (Å²) in [6.45, 7) is 0. The number of benzene rings is 3. The van der Waals surface area contributed by atoms with Crippen molar-refractivity contribution < 1.29 is 14.3 Å². The van der Waals surface area contributed by atoms with Crippen LogP contribution in [0.3, 0.4) is 0 Å². The Balaban J connectivity index is 1.66. The molecular weight excluding hydrogens is 376 g/mol. The van der Waals surface area contributed by atoms with E-state index >= 15 is 0 Å². The Kier molecular flexibility index (Phi) is 5.71. The topological polar surface area (TPSA) is 53.4 Å². The predicted octanol–water partition coefficient (Wildman–Crippen LogP) is 5.17. The molecule has 0 amide bonds. The lowest BCUT2D eigenvalue weighted by atomic mass is 10.1. The monoisotopic (exact) mass is 396 g/mol. The molecule has 0 N–H and O–H groups in total. The first-order chi connectivity index (χ1) is 14.7. The molecule has 5 heteroatoms. The third-order valence-electron chi connectivity index (χ3n) is 4.49. The molecule has 0 spiro atoms. The fourth-order valence-corrected chi connectivity index (χ4v) is 2.99. The van der Waals surface area contributed by atoms with Crippen LogP contribution in [0, 0.1) is 0 Å². The number of aromatic nitrogens is 2. The fraction of sp³-hybridized carbons (Fsp3) is 0.0400. The van der Waals surface area contributed by atoms with E-state index in [-0.39, 0.29) is 0 Å². The Morgan fingerprint density at radius 1 is 0.867 bits per heavy atom. The minimum atomic E-state index is -0.450. The smallest absolute Gasteiger partial charge is 0.336 e. The van der Waals surface area contributed by atoms with Gasteiger partial charge in [0, 0.05) is 23.4 Å². The highest BCUT2D eigenvalue weighted by Crippen LogP contribution is 2.26. The van der Waals surface area contributed by atoms with Crippen molar-refractivity contribution in [2.24, 2.45) is 0 Å². The maximum Gasteiger partial charge on any atom is 0.336 e. The van der Waals surface area contributed by atoms with E-state index in [1.807, 2.05) is 79.0 Å². The molecule has 148 valence electrons. The van der Waals surface area contributed by atoms with Crippen molar-refractivity contribution in [3.8, 4) is 28.4 Å². The van der Waals surface area contributed by atoms with Gasteiger partial charge in [-0.05, 0) is 54.6 Å². The van der Waals surface area contributed by atoms with Gasteiger partial charge in [-0.25, -0.2) is 9.48 Å². The number of methoxy groups -OCH3 is 1. The Labute approximate surface area is 174 Å². The largest absolute Gasteiger partial charge is 0.497 e. The quantitative estimate of drug-likeness (QED) is 0.256. The number of hydrogen-bond donors (Lipinski definition) is 0. The highest BCUT2D eigenvalue weighted by atomic mass is 16.5. The van der Waals surface area contributed by atoms with Crippen LogP contribution in [0.1, 0.15) is 5.56 Å². The summed E-state index contributed by atoms with van der Waals surface area (Å²) in [5.74, 6) is 0.821. The van der Waals surface area contributed by atoms with E-state index in [2.05, 4.69) is 0 Å². The summed E-state index contributed by atoms with van der Waals surface area (Å²) < 4.78 is 12.4. The second-order valence-electron chi connectivity index (χ2n) is 6.51. The van der Waals surface area contributed by atoms with Gasteiger partial charge in [0.15, 0.2) is 0 Å². The van der Waals surface area contributed by atoms with Crippen LogP contribution in [0.4, 0.5) is 0 Å². The fourth-order valence-electron chi connectivity index (χ4n) is 2.99. The van der Waals surface area contributed by atoms with Crippen molar-refractivity contribution in [3.05, 3.63) is 103 Å². The van der Waals surface area contributed by atoms with Gasteiger partial charge in [0.05, 0.1) is 18.5 Å². The zero-order chi connectivity index (χ0) is 20.8. The average Bonchev–Trinajstić information content (AvgIpc) is 3.23. The third-order valence-corrected chi connectivity index (χ3v) is 4.49. The van der Waals surface area contributed by atoms with Gasteiger partial charge in [0.2, 0.25) is 0 Å². The van der Waals surface area contributed by atoms with E-state index in [4.69, 9.17) is 14.6 Å². The van der Waals surface area contributed by atoms with Crippen LogP contribution in [-0.4, -0.2) is 22.9 Å². The van der Waals surface area contributed by atoms with Gasteiger partial charge in [0.25, 0.3) is 0 Å². The number of nitrogens with zero attached hydrogens (tertiary/aromatic N) is 2. The standard InChI is InChI=1S/C25H20N2O3/c1-29-22-15-12-19(13-16-22)25-20(18-27(26-25)21-8-4-2-5-9-21)14-17-24(28)30-23-10-6-3-7-11-23/h2-18H,1H3. The molecule has 5 nitrogen and oxygen atoms in total. The molecule has 0 saturated heterocycles. The lowest BCUT2D eigenvalue weighted by Gasteiger charge is -2.03. The molecule has 0 aliphatic rings. The van der Waals surface area contributed by atoms with Gasteiger partial charge in [-0.2, -0.15) is 5.10 Å². The van der Waals surface area contributed by atoms with E-state index in [1.165, 1.54) is 6.08 Å². The first-order valence-corrected chi connectivity index (χ1v) is 9.47. The summed E-state index contributed by atoms with van der Waals surface area (Å²) in [6, 6.07) is 26.4. The molecule has 0 atom stereocenters. The number of carbonyl (C=O) groups is 1. The molecule has 1 heterocycles. The van der Waals surface area contributed by atoms with E-state index in [0.29, 0.717) is 5.75 Å². The number of esters is 1. The third kappa shape index (κ3) is 4.47. The molecule has 3 aromatic carbocycles. The van der Waals surface area contributed by atoms with Crippen LogP contribution >= 0.6 is 0 Å². The number of rotatable bonds is 6. The summed E-state index contributed by atoms with van der Waals surface area (Å²) in [7, 11) is 1.63. The van der Waals surface area contributed by atoms with Gasteiger partial charge in [0.1, 0.15) is 11.5 Å². The molecule has 0 bridgehead atoms. The Morgan fingerprint density at radius 3 is 2.20 bits per heavy atom. The number of ether oxygens (including phenoxy) is 2. The van der Waals surface area contributed by atoms with Crippen molar-refractivity contribution in [3.63, 3.8) is 0 Å². The lowest BCUT2D eigenvalue weighted by molar-refractivity contribution is -0.128. The molecule has 4 rings (SSSR count). The number of carbonyl (C=O) groups excluding carboxylic acids is 1. The predicted molar refractivity (Wildman–Crippen MR) is 117 cm³/mol. The highest BCUT2D eigenvalue weighted by molar-refractivity contribution is 5.90. The molecule has 1 aromatic heterocycles. The maximum atomic E-state index is 12.2. The molecule has 0 aliphatic heterocycles. The van der Waals surface area contributed by atoms with Gasteiger partial charge in [-0.15, -0.1) is 0 Å². The average molecular weight is 396 g/mol. The van der Waals surface area contributed by atoms with E-state index in [9.17, 15) is 4.79 Å². The molecule has 0 fully saturated rings. The van der Waals surface area contributed by atoms with Crippen LogP contribution in [0.25, 0.3) is 23.0 Å². The lowest BCUT2D eigenvalue weighted by Crippen LogP contribution is -2.03. The summed E-state index contributed by atoms with van der Waals surface area (Å²) in [5, 5.41) is 4.74. The first-order valence-electron chi connectivity index (χ1n) is 9.47. The van der Waals surface area contributed by atoms with E-state index in [1.54, 1.807) is 30.0 Å². The van der Waals surface area contributed by atoms with Gasteiger partial charge in [-0.3, -0.25) is 0 Å². The summed E-state index contributed by atoms with van der Waals surface area (Å²) in [5.41, 5.74) is 3.40. The Morgan fingerprint density at radius 2 is 1.53 bits per heavy atom. The normalized spacial score (nSPS) is 10.8. The van der Waals surface area contributed by atoms with Crippen molar-refractivity contribution >= 4 is 12.0 Å². The van der Waals surface area contributed by atoms with Crippen LogP contribution in [0.15, 0.2) is 97.2 Å². The molecule has 30 heavy (non-hydrogen) atoms. The zero-order valence-electron chi connectivity index (χ0n) is 16.4. The van der Waals surface area contributed by atoms with E-state index < -0.39 is 5.97 Å². The molecular formula is C25H20N2O3. The van der Waals surface area contributed by atoms with Gasteiger partial charge < -0.3 is 9.47 Å². The van der Waals surface area contributed by atoms with Gasteiger partial charge >= 0.3 is 5.97 Å². The van der Waals surface area contributed by atoms with Crippen molar-refractivity contribution in [2.45, 2.75) is 0 Å². The van der Waals surface area contributed by atoms with E-state index in [0.717, 1.165) is 28.3 Å².